The van der Waals surface area contributed by atoms with Gasteiger partial charge >= 0.3 is 0 Å². The van der Waals surface area contributed by atoms with Gasteiger partial charge in [0.1, 0.15) is 0 Å². The van der Waals surface area contributed by atoms with Crippen molar-refractivity contribution in [1.82, 2.24) is 0 Å². The van der Waals surface area contributed by atoms with Crippen LogP contribution in [0.1, 0.15) is 11.1 Å². The minimum Gasteiger partial charge on any atom is -0.326 e. The number of benzene rings is 2. The molecule has 1 heterocycles. The fourth-order valence-corrected chi connectivity index (χ4v) is 4.00. The van der Waals surface area contributed by atoms with Crippen molar-refractivity contribution in [2.75, 3.05) is 0 Å². The van der Waals surface area contributed by atoms with Crippen LogP contribution in [0.4, 0.5) is 0 Å². The first-order valence-corrected chi connectivity index (χ1v) is 8.77. The highest BCUT2D eigenvalue weighted by molar-refractivity contribution is 8.00. The summed E-state index contributed by atoms with van der Waals surface area (Å²) in [4.78, 5) is 0. The van der Waals surface area contributed by atoms with Crippen LogP contribution < -0.4 is 5.73 Å². The van der Waals surface area contributed by atoms with E-state index in [0.29, 0.717) is 6.54 Å². The van der Waals surface area contributed by atoms with Gasteiger partial charge in [-0.05, 0) is 33.7 Å². The van der Waals surface area contributed by atoms with E-state index in [0.717, 1.165) is 5.75 Å². The van der Waals surface area contributed by atoms with Crippen LogP contribution >= 0.6 is 23.1 Å². The lowest BCUT2D eigenvalue weighted by Crippen LogP contribution is -1.98. The molecule has 3 rings (SSSR count). The van der Waals surface area contributed by atoms with Gasteiger partial charge in [0.05, 0.1) is 4.21 Å². The van der Waals surface area contributed by atoms with Gasteiger partial charge in [-0.15, -0.1) is 23.1 Å². The fourth-order valence-electron chi connectivity index (χ4n) is 2.26. The summed E-state index contributed by atoms with van der Waals surface area (Å²) in [5.41, 5.74) is 10.8. The molecule has 0 bridgehead atoms. The molecule has 0 fully saturated rings. The van der Waals surface area contributed by atoms with E-state index in [2.05, 4.69) is 60.0 Å². The first-order valence-electron chi connectivity index (χ1n) is 6.90. The summed E-state index contributed by atoms with van der Waals surface area (Å²) in [7, 11) is 0. The predicted molar refractivity (Wildman–Crippen MR) is 93.6 cm³/mol. The van der Waals surface area contributed by atoms with Crippen molar-refractivity contribution >= 4 is 23.1 Å². The van der Waals surface area contributed by atoms with E-state index in [1.807, 2.05) is 17.8 Å². The number of thioether (sulfide) groups is 1. The molecule has 0 radical (unpaired) electrons. The van der Waals surface area contributed by atoms with Crippen LogP contribution in [0.25, 0.3) is 11.1 Å². The molecule has 0 atom stereocenters. The van der Waals surface area contributed by atoms with Crippen molar-refractivity contribution in [3.05, 3.63) is 77.2 Å². The van der Waals surface area contributed by atoms with Crippen LogP contribution in [0.2, 0.25) is 0 Å². The topological polar surface area (TPSA) is 26.0 Å². The lowest BCUT2D eigenvalue weighted by atomic mass is 9.99. The van der Waals surface area contributed by atoms with Gasteiger partial charge in [0.25, 0.3) is 0 Å². The van der Waals surface area contributed by atoms with Gasteiger partial charge in [-0.3, -0.25) is 0 Å². The van der Waals surface area contributed by atoms with E-state index in [1.165, 1.54) is 26.5 Å². The minimum absolute atomic E-state index is 0.576. The van der Waals surface area contributed by atoms with Crippen molar-refractivity contribution in [2.24, 2.45) is 5.73 Å². The Morgan fingerprint density at radius 3 is 2.43 bits per heavy atom. The smallest absolute Gasteiger partial charge is 0.0601 e. The second-order valence-corrected chi connectivity index (χ2v) is 7.00. The second-order valence-electron chi connectivity index (χ2n) is 4.78. The molecule has 0 spiro atoms. The molecule has 1 nitrogen and oxygen atoms in total. The van der Waals surface area contributed by atoms with Crippen molar-refractivity contribution in [1.29, 1.82) is 0 Å². The van der Waals surface area contributed by atoms with Gasteiger partial charge < -0.3 is 5.73 Å². The van der Waals surface area contributed by atoms with Gasteiger partial charge in [-0.1, -0.05) is 54.6 Å². The number of rotatable bonds is 5. The zero-order valence-electron chi connectivity index (χ0n) is 11.7. The Labute approximate surface area is 133 Å². The van der Waals surface area contributed by atoms with Gasteiger partial charge in [0.2, 0.25) is 0 Å². The van der Waals surface area contributed by atoms with Gasteiger partial charge in [-0.25, -0.2) is 0 Å². The standard InChI is InChI=1S/C18H17NS2/c19-12-16-4-1-2-5-17(16)15-9-7-14(8-10-15)13-21-18-6-3-11-20-18/h1-11H,12-13,19H2. The van der Waals surface area contributed by atoms with Gasteiger partial charge in [0.15, 0.2) is 0 Å². The molecule has 0 aliphatic heterocycles. The number of thiophene rings is 1. The van der Waals surface area contributed by atoms with Crippen LogP contribution in [0.15, 0.2) is 70.3 Å². The Hall–Kier alpha value is -1.55. The Morgan fingerprint density at radius 2 is 1.71 bits per heavy atom. The van der Waals surface area contributed by atoms with Crippen LogP contribution in [-0.2, 0) is 12.3 Å². The third-order valence-corrected chi connectivity index (χ3v) is 5.58. The van der Waals surface area contributed by atoms with Gasteiger partial charge in [0, 0.05) is 12.3 Å². The van der Waals surface area contributed by atoms with Crippen molar-refractivity contribution in [2.45, 2.75) is 16.5 Å². The molecule has 3 aromatic rings. The predicted octanol–water partition coefficient (Wildman–Crippen LogP) is 5.17. The highest BCUT2D eigenvalue weighted by Gasteiger charge is 2.03. The molecular formula is C18H17NS2. The molecule has 106 valence electrons. The maximum Gasteiger partial charge on any atom is 0.0601 e. The van der Waals surface area contributed by atoms with E-state index >= 15 is 0 Å². The lowest BCUT2D eigenvalue weighted by Gasteiger charge is -2.08. The first-order chi connectivity index (χ1) is 10.4. The number of hydrogen-bond acceptors (Lipinski definition) is 3. The molecule has 1 aromatic heterocycles. The molecule has 0 aliphatic carbocycles. The zero-order valence-corrected chi connectivity index (χ0v) is 13.3. The summed E-state index contributed by atoms with van der Waals surface area (Å²) in [6.07, 6.45) is 0. The SMILES string of the molecule is NCc1ccccc1-c1ccc(CSc2cccs2)cc1. The molecule has 2 aromatic carbocycles. The highest BCUT2D eigenvalue weighted by Crippen LogP contribution is 2.28. The van der Waals surface area contributed by atoms with E-state index in [4.69, 9.17) is 5.73 Å². The van der Waals surface area contributed by atoms with Crippen LogP contribution in [0.3, 0.4) is 0 Å². The Kier molecular flexibility index (Phi) is 4.76. The van der Waals surface area contributed by atoms with Crippen LogP contribution in [0.5, 0.6) is 0 Å². The molecule has 2 N–H and O–H groups in total. The minimum atomic E-state index is 0.576. The van der Waals surface area contributed by atoms with Crippen molar-refractivity contribution in [3.8, 4) is 11.1 Å². The third-order valence-electron chi connectivity index (χ3n) is 3.38. The van der Waals surface area contributed by atoms with Crippen LogP contribution in [0, 0.1) is 0 Å². The number of nitrogens with two attached hydrogens (primary N) is 1. The molecule has 0 saturated heterocycles. The molecule has 0 amide bonds. The Morgan fingerprint density at radius 1 is 0.905 bits per heavy atom. The highest BCUT2D eigenvalue weighted by atomic mass is 32.2. The molecule has 21 heavy (non-hydrogen) atoms. The molecule has 0 aliphatic rings. The summed E-state index contributed by atoms with van der Waals surface area (Å²) in [6.45, 7) is 0.576. The summed E-state index contributed by atoms with van der Waals surface area (Å²) < 4.78 is 1.37. The van der Waals surface area contributed by atoms with Gasteiger partial charge in [-0.2, -0.15) is 0 Å². The fraction of sp³-hybridized carbons (Fsp3) is 0.111. The molecular weight excluding hydrogens is 294 g/mol. The molecule has 0 saturated carbocycles. The summed E-state index contributed by atoms with van der Waals surface area (Å²) in [5.74, 6) is 1.01. The lowest BCUT2D eigenvalue weighted by molar-refractivity contribution is 1.07. The van der Waals surface area contributed by atoms with E-state index in [-0.39, 0.29) is 0 Å². The summed E-state index contributed by atoms with van der Waals surface area (Å²) in [6, 6.07) is 21.4. The quantitative estimate of drug-likeness (QED) is 0.658. The summed E-state index contributed by atoms with van der Waals surface area (Å²) in [5, 5.41) is 2.12. The first kappa shape index (κ1) is 14.4. The van der Waals surface area contributed by atoms with E-state index < -0.39 is 0 Å². The normalized spacial score (nSPS) is 10.7. The van der Waals surface area contributed by atoms with E-state index in [1.54, 1.807) is 11.3 Å². The van der Waals surface area contributed by atoms with Crippen LogP contribution in [-0.4, -0.2) is 0 Å². The second kappa shape index (κ2) is 6.94. The largest absolute Gasteiger partial charge is 0.326 e. The average molecular weight is 311 g/mol. The zero-order chi connectivity index (χ0) is 14.5. The Balaban J connectivity index is 1.74. The summed E-state index contributed by atoms with van der Waals surface area (Å²) >= 11 is 3.68. The monoisotopic (exact) mass is 311 g/mol. The maximum absolute atomic E-state index is 5.82. The van der Waals surface area contributed by atoms with E-state index in [9.17, 15) is 0 Å². The Bertz CT molecular complexity index is 688. The van der Waals surface area contributed by atoms with Crippen molar-refractivity contribution in [3.63, 3.8) is 0 Å². The average Bonchev–Trinajstić information content (AvgIpc) is 3.07. The third kappa shape index (κ3) is 3.56. The maximum atomic E-state index is 5.82. The molecule has 3 heteroatoms. The number of hydrogen-bond donors (Lipinski definition) is 1. The van der Waals surface area contributed by atoms with Crippen molar-refractivity contribution < 1.29 is 0 Å². The molecule has 0 unspecified atom stereocenters.